The molecule has 2 unspecified atom stereocenters. The summed E-state index contributed by atoms with van der Waals surface area (Å²) in [4.78, 5) is 12.0. The summed E-state index contributed by atoms with van der Waals surface area (Å²) in [5, 5.41) is 3.58. The van der Waals surface area contributed by atoms with E-state index in [0.29, 0.717) is 6.04 Å². The quantitative estimate of drug-likeness (QED) is 0.246. The largest absolute Gasteiger partial charge is 0.379 e. The van der Waals surface area contributed by atoms with Crippen molar-refractivity contribution < 1.29 is 9.47 Å². The monoisotopic (exact) mass is 543 g/mol. The number of halogens is 1. The number of fused-ring (bicyclic) bond motifs is 1. The molecule has 8 heteroatoms. The molecule has 31 heavy (non-hydrogen) atoms. The smallest absolute Gasteiger partial charge is 0.193 e. The highest BCUT2D eigenvalue weighted by Crippen LogP contribution is 2.24. The summed E-state index contributed by atoms with van der Waals surface area (Å²) in [6, 6.07) is 11.2. The number of ether oxygens (including phenoxy) is 2. The van der Waals surface area contributed by atoms with Gasteiger partial charge in [0.25, 0.3) is 0 Å². The third kappa shape index (κ3) is 7.02. The lowest BCUT2D eigenvalue weighted by Crippen LogP contribution is -2.50. The number of nitrogens with one attached hydrogen (secondary N) is 1. The molecule has 1 aromatic carbocycles. The minimum atomic E-state index is 0. The number of hydrogen-bond acceptors (Lipinski definition) is 5. The Morgan fingerprint density at radius 3 is 2.65 bits per heavy atom. The van der Waals surface area contributed by atoms with E-state index in [1.54, 1.807) is 0 Å². The highest BCUT2D eigenvalue weighted by Gasteiger charge is 2.41. The molecule has 0 spiro atoms. The molecular weight excluding hydrogens is 505 g/mol. The molecule has 0 bridgehead atoms. The average Bonchev–Trinajstić information content (AvgIpc) is 3.23. The van der Waals surface area contributed by atoms with Gasteiger partial charge in [-0.15, -0.1) is 24.0 Å². The number of hydrogen-bond donors (Lipinski definition) is 1. The minimum Gasteiger partial charge on any atom is -0.379 e. The average molecular weight is 543 g/mol. The predicted molar refractivity (Wildman–Crippen MR) is 135 cm³/mol. The van der Waals surface area contributed by atoms with Crippen LogP contribution in [0, 0.1) is 0 Å². The van der Waals surface area contributed by atoms with Crippen LogP contribution in [0.2, 0.25) is 0 Å². The van der Waals surface area contributed by atoms with Gasteiger partial charge in [-0.05, 0) is 24.9 Å². The van der Waals surface area contributed by atoms with Crippen LogP contribution in [0.5, 0.6) is 0 Å². The van der Waals surface area contributed by atoms with Gasteiger partial charge < -0.3 is 19.7 Å². The molecule has 3 fully saturated rings. The topological polar surface area (TPSA) is 52.6 Å². The number of morpholine rings is 2. The number of benzene rings is 1. The molecule has 2 atom stereocenters. The fourth-order valence-electron chi connectivity index (χ4n) is 4.76. The van der Waals surface area contributed by atoms with Crippen molar-refractivity contribution in [1.29, 1.82) is 0 Å². The molecule has 3 saturated heterocycles. The predicted octanol–water partition coefficient (Wildman–Crippen LogP) is 1.88. The summed E-state index contributed by atoms with van der Waals surface area (Å²) >= 11 is 0. The molecule has 4 rings (SSSR count). The van der Waals surface area contributed by atoms with Crippen molar-refractivity contribution in [1.82, 2.24) is 20.0 Å². The van der Waals surface area contributed by atoms with Crippen LogP contribution in [0.25, 0.3) is 0 Å². The molecule has 3 heterocycles. The van der Waals surface area contributed by atoms with Gasteiger partial charge in [-0.25, -0.2) is 0 Å². The van der Waals surface area contributed by atoms with Crippen LogP contribution in [0.3, 0.4) is 0 Å². The molecule has 0 aromatic heterocycles. The first-order valence-corrected chi connectivity index (χ1v) is 11.5. The Labute approximate surface area is 204 Å². The van der Waals surface area contributed by atoms with Gasteiger partial charge in [0.1, 0.15) is 0 Å². The summed E-state index contributed by atoms with van der Waals surface area (Å²) in [6.07, 6.45) is 2.64. The molecular formula is C23H38IN5O2. The van der Waals surface area contributed by atoms with Crippen molar-refractivity contribution in [3.63, 3.8) is 0 Å². The Hall–Kier alpha value is -0.940. The number of rotatable bonds is 7. The second kappa shape index (κ2) is 12.9. The van der Waals surface area contributed by atoms with Crippen LogP contribution in [0.15, 0.2) is 35.3 Å². The van der Waals surface area contributed by atoms with Gasteiger partial charge in [-0.3, -0.25) is 14.8 Å². The molecule has 3 aliphatic heterocycles. The zero-order valence-electron chi connectivity index (χ0n) is 18.7. The molecule has 0 aliphatic carbocycles. The summed E-state index contributed by atoms with van der Waals surface area (Å²) in [6.45, 7) is 10.7. The van der Waals surface area contributed by atoms with E-state index in [9.17, 15) is 0 Å². The van der Waals surface area contributed by atoms with Crippen LogP contribution >= 0.6 is 24.0 Å². The van der Waals surface area contributed by atoms with Gasteiger partial charge in [0.2, 0.25) is 0 Å². The zero-order chi connectivity index (χ0) is 20.6. The maximum absolute atomic E-state index is 6.12. The Balaban J connectivity index is 0.00000272. The molecule has 0 amide bonds. The Kier molecular flexibility index (Phi) is 10.3. The highest BCUT2D eigenvalue weighted by molar-refractivity contribution is 14.0. The first-order chi connectivity index (χ1) is 14.8. The number of nitrogens with zero attached hydrogens (tertiary/aromatic N) is 4. The van der Waals surface area contributed by atoms with Gasteiger partial charge in [0.15, 0.2) is 5.96 Å². The van der Waals surface area contributed by atoms with E-state index in [0.717, 1.165) is 78.0 Å². The number of aliphatic imine (C=N–C) groups is 1. The third-order valence-corrected chi connectivity index (χ3v) is 6.44. The van der Waals surface area contributed by atoms with Gasteiger partial charge in [-0.1, -0.05) is 30.3 Å². The van der Waals surface area contributed by atoms with E-state index in [1.807, 2.05) is 7.05 Å². The maximum atomic E-state index is 6.12. The fraction of sp³-hybridized carbons (Fsp3) is 0.696. The first kappa shape index (κ1) is 24.7. The molecule has 174 valence electrons. The highest BCUT2D eigenvalue weighted by atomic mass is 127. The van der Waals surface area contributed by atoms with Crippen LogP contribution in [0.1, 0.15) is 18.4 Å². The van der Waals surface area contributed by atoms with Crippen LogP contribution in [-0.2, 0) is 16.0 Å². The van der Waals surface area contributed by atoms with Crippen molar-refractivity contribution in [2.24, 2.45) is 4.99 Å². The maximum Gasteiger partial charge on any atom is 0.193 e. The summed E-state index contributed by atoms with van der Waals surface area (Å²) in [7, 11) is 1.89. The zero-order valence-corrected chi connectivity index (χ0v) is 21.1. The number of likely N-dealkylation sites (tertiary alicyclic amines) is 1. The van der Waals surface area contributed by atoms with E-state index < -0.39 is 0 Å². The van der Waals surface area contributed by atoms with Crippen molar-refractivity contribution >= 4 is 29.9 Å². The van der Waals surface area contributed by atoms with Gasteiger partial charge >= 0.3 is 0 Å². The SMILES string of the molecule is CN=C(NCCCCN1CCOCC1)N1CC2OCCN(Cc3ccccc3)C2C1.I. The normalized spacial score (nSPS) is 25.2. The Morgan fingerprint density at radius 1 is 1.06 bits per heavy atom. The molecule has 1 aromatic rings. The summed E-state index contributed by atoms with van der Waals surface area (Å²) < 4.78 is 11.5. The van der Waals surface area contributed by atoms with Gasteiger partial charge in [-0.2, -0.15) is 0 Å². The van der Waals surface area contributed by atoms with Crippen LogP contribution in [0.4, 0.5) is 0 Å². The van der Waals surface area contributed by atoms with E-state index in [1.165, 1.54) is 18.5 Å². The second-order valence-corrected chi connectivity index (χ2v) is 8.47. The summed E-state index contributed by atoms with van der Waals surface area (Å²) in [5.41, 5.74) is 1.37. The lowest BCUT2D eigenvalue weighted by Gasteiger charge is -2.36. The second-order valence-electron chi connectivity index (χ2n) is 8.47. The Bertz CT molecular complexity index is 671. The van der Waals surface area contributed by atoms with Crippen LogP contribution < -0.4 is 5.32 Å². The van der Waals surface area contributed by atoms with Gasteiger partial charge in [0.05, 0.1) is 32.0 Å². The molecule has 0 radical (unpaired) electrons. The van der Waals surface area contributed by atoms with E-state index in [-0.39, 0.29) is 30.1 Å². The van der Waals surface area contributed by atoms with E-state index in [4.69, 9.17) is 9.47 Å². The number of guanidine groups is 1. The van der Waals surface area contributed by atoms with Gasteiger partial charge in [0, 0.05) is 52.9 Å². The molecule has 1 N–H and O–H groups in total. The minimum absolute atomic E-state index is 0. The van der Waals surface area contributed by atoms with Crippen molar-refractivity contribution in [2.75, 3.05) is 72.7 Å². The third-order valence-electron chi connectivity index (χ3n) is 6.44. The standard InChI is InChI=1S/C23H37N5O2.HI/c1-24-23(25-9-5-6-10-26-11-14-29-15-12-26)28-18-21-22(19-28)30-16-13-27(21)17-20-7-3-2-4-8-20;/h2-4,7-8,21-22H,5-6,9-19H2,1H3,(H,24,25);1H. The van der Waals surface area contributed by atoms with Crippen molar-refractivity contribution in [3.8, 4) is 0 Å². The summed E-state index contributed by atoms with van der Waals surface area (Å²) in [5.74, 6) is 1.01. The lowest BCUT2D eigenvalue weighted by atomic mass is 10.1. The fourth-order valence-corrected chi connectivity index (χ4v) is 4.76. The Morgan fingerprint density at radius 2 is 1.87 bits per heavy atom. The van der Waals surface area contributed by atoms with Crippen molar-refractivity contribution in [2.45, 2.75) is 31.5 Å². The van der Waals surface area contributed by atoms with Crippen LogP contribution in [-0.4, -0.2) is 105 Å². The molecule has 7 nitrogen and oxygen atoms in total. The molecule has 3 aliphatic rings. The molecule has 0 saturated carbocycles. The first-order valence-electron chi connectivity index (χ1n) is 11.5. The van der Waals surface area contributed by atoms with E-state index >= 15 is 0 Å². The lowest BCUT2D eigenvalue weighted by molar-refractivity contribution is -0.0502. The van der Waals surface area contributed by atoms with E-state index in [2.05, 4.69) is 55.3 Å². The number of unbranched alkanes of at least 4 members (excludes halogenated alkanes) is 1. The van der Waals surface area contributed by atoms with Crippen molar-refractivity contribution in [3.05, 3.63) is 35.9 Å².